The van der Waals surface area contributed by atoms with Crippen LogP contribution < -0.4 is 15.5 Å². The summed E-state index contributed by atoms with van der Waals surface area (Å²) >= 11 is 0. The molecule has 6 heteroatoms. The molecular formula is C17H17N3O3. The highest BCUT2D eigenvalue weighted by molar-refractivity contribution is 6.39. The van der Waals surface area contributed by atoms with Gasteiger partial charge in [0.2, 0.25) is 0 Å². The molecule has 0 aromatic heterocycles. The van der Waals surface area contributed by atoms with Crippen molar-refractivity contribution in [2.75, 3.05) is 12.4 Å². The van der Waals surface area contributed by atoms with Gasteiger partial charge in [0, 0.05) is 5.69 Å². The van der Waals surface area contributed by atoms with E-state index in [0.717, 1.165) is 11.1 Å². The number of rotatable bonds is 4. The van der Waals surface area contributed by atoms with Gasteiger partial charge in [-0.2, -0.15) is 5.10 Å². The van der Waals surface area contributed by atoms with E-state index in [1.165, 1.54) is 6.21 Å². The molecule has 0 heterocycles. The van der Waals surface area contributed by atoms with Crippen LogP contribution in [0.4, 0.5) is 5.69 Å². The van der Waals surface area contributed by atoms with E-state index in [4.69, 9.17) is 4.74 Å². The Bertz CT molecular complexity index is 741. The fourth-order valence-corrected chi connectivity index (χ4v) is 1.83. The third-order valence-corrected chi connectivity index (χ3v) is 3.07. The van der Waals surface area contributed by atoms with E-state index in [-0.39, 0.29) is 0 Å². The first-order valence-corrected chi connectivity index (χ1v) is 6.94. The monoisotopic (exact) mass is 311 g/mol. The van der Waals surface area contributed by atoms with E-state index < -0.39 is 11.8 Å². The molecule has 0 unspecified atom stereocenters. The van der Waals surface area contributed by atoms with E-state index in [1.54, 1.807) is 43.5 Å². The summed E-state index contributed by atoms with van der Waals surface area (Å²) in [6, 6.07) is 14.3. The molecule has 0 spiro atoms. The molecule has 2 N–H and O–H groups in total. The molecular weight excluding hydrogens is 294 g/mol. The second-order valence-corrected chi connectivity index (χ2v) is 4.74. The van der Waals surface area contributed by atoms with E-state index >= 15 is 0 Å². The van der Waals surface area contributed by atoms with Crippen LogP contribution in [0.3, 0.4) is 0 Å². The van der Waals surface area contributed by atoms with Gasteiger partial charge < -0.3 is 10.1 Å². The van der Waals surface area contributed by atoms with Crippen molar-refractivity contribution in [2.24, 2.45) is 5.10 Å². The fourth-order valence-electron chi connectivity index (χ4n) is 1.83. The zero-order chi connectivity index (χ0) is 16.7. The van der Waals surface area contributed by atoms with E-state index in [2.05, 4.69) is 15.8 Å². The summed E-state index contributed by atoms with van der Waals surface area (Å²) in [7, 11) is 1.56. The summed E-state index contributed by atoms with van der Waals surface area (Å²) in [5, 5.41) is 6.29. The Kier molecular flexibility index (Phi) is 5.46. The van der Waals surface area contributed by atoms with Crippen LogP contribution in [-0.2, 0) is 9.59 Å². The smallest absolute Gasteiger partial charge is 0.329 e. The molecule has 0 atom stereocenters. The summed E-state index contributed by atoms with van der Waals surface area (Å²) in [6.45, 7) is 1.84. The number of methoxy groups -OCH3 is 1. The Hall–Kier alpha value is -3.15. The Balaban J connectivity index is 1.92. The Morgan fingerprint density at radius 1 is 1.09 bits per heavy atom. The minimum absolute atomic E-state index is 0.587. The van der Waals surface area contributed by atoms with Crippen LogP contribution in [0.25, 0.3) is 0 Å². The summed E-state index contributed by atoms with van der Waals surface area (Å²) in [4.78, 5) is 23.5. The van der Waals surface area contributed by atoms with Crippen molar-refractivity contribution in [3.63, 3.8) is 0 Å². The average Bonchev–Trinajstić information content (AvgIpc) is 2.57. The topological polar surface area (TPSA) is 79.8 Å². The highest BCUT2D eigenvalue weighted by Crippen LogP contribution is 2.13. The summed E-state index contributed by atoms with van der Waals surface area (Å²) in [5.74, 6) is -0.938. The van der Waals surface area contributed by atoms with Crippen molar-refractivity contribution in [2.45, 2.75) is 6.92 Å². The van der Waals surface area contributed by atoms with Gasteiger partial charge in [-0.3, -0.25) is 9.59 Å². The van der Waals surface area contributed by atoms with Crippen molar-refractivity contribution < 1.29 is 14.3 Å². The molecule has 0 saturated carbocycles. The largest absolute Gasteiger partial charge is 0.497 e. The number of para-hydroxylation sites is 1. The Morgan fingerprint density at radius 2 is 1.87 bits per heavy atom. The lowest BCUT2D eigenvalue weighted by molar-refractivity contribution is -0.136. The number of hydrogen-bond acceptors (Lipinski definition) is 4. The molecule has 2 amide bonds. The van der Waals surface area contributed by atoms with Gasteiger partial charge in [-0.1, -0.05) is 30.3 Å². The second-order valence-electron chi connectivity index (χ2n) is 4.74. The molecule has 0 aliphatic rings. The van der Waals surface area contributed by atoms with Crippen molar-refractivity contribution in [3.8, 4) is 5.75 Å². The molecule has 2 aromatic rings. The number of ether oxygens (including phenoxy) is 1. The van der Waals surface area contributed by atoms with E-state index in [9.17, 15) is 9.59 Å². The maximum absolute atomic E-state index is 11.8. The lowest BCUT2D eigenvalue weighted by atomic mass is 10.2. The molecule has 2 aromatic carbocycles. The van der Waals surface area contributed by atoms with Crippen molar-refractivity contribution >= 4 is 23.7 Å². The molecule has 2 rings (SSSR count). The molecule has 0 saturated heterocycles. The number of anilines is 1. The van der Waals surface area contributed by atoms with Gasteiger partial charge in [-0.15, -0.1) is 0 Å². The quantitative estimate of drug-likeness (QED) is 0.515. The van der Waals surface area contributed by atoms with Gasteiger partial charge in [0.05, 0.1) is 13.3 Å². The maximum Gasteiger partial charge on any atom is 0.329 e. The number of carbonyl (C=O) groups is 2. The van der Waals surface area contributed by atoms with Crippen LogP contribution in [0.2, 0.25) is 0 Å². The van der Waals surface area contributed by atoms with Crippen LogP contribution in [0.15, 0.2) is 53.6 Å². The van der Waals surface area contributed by atoms with Gasteiger partial charge in [0.15, 0.2) is 0 Å². The Morgan fingerprint density at radius 3 is 2.61 bits per heavy atom. The maximum atomic E-state index is 11.8. The highest BCUT2D eigenvalue weighted by Gasteiger charge is 2.13. The normalized spacial score (nSPS) is 10.3. The summed E-state index contributed by atoms with van der Waals surface area (Å²) in [5.41, 5.74) is 4.38. The first-order chi connectivity index (χ1) is 11.1. The number of nitrogens with zero attached hydrogens (tertiary/aromatic N) is 1. The first kappa shape index (κ1) is 16.2. The lowest BCUT2D eigenvalue weighted by Crippen LogP contribution is -2.32. The van der Waals surface area contributed by atoms with Gasteiger partial charge in [0.25, 0.3) is 0 Å². The minimum atomic E-state index is -0.840. The second kappa shape index (κ2) is 7.74. The first-order valence-electron chi connectivity index (χ1n) is 6.94. The molecule has 0 bridgehead atoms. The number of hydrazone groups is 1. The molecule has 118 valence electrons. The fraction of sp³-hybridized carbons (Fsp3) is 0.118. The standard InChI is InChI=1S/C17H17N3O3/c1-12-6-3-4-9-15(12)19-16(21)17(22)20-18-11-13-7-5-8-14(10-13)23-2/h3-11H,1-2H3,(H,19,21)(H,20,22)/b18-11-. The molecule has 6 nitrogen and oxygen atoms in total. The minimum Gasteiger partial charge on any atom is -0.497 e. The number of nitrogens with one attached hydrogen (secondary N) is 2. The lowest BCUT2D eigenvalue weighted by Gasteiger charge is -2.06. The van der Waals surface area contributed by atoms with Gasteiger partial charge in [-0.05, 0) is 36.2 Å². The molecule has 0 radical (unpaired) electrons. The van der Waals surface area contributed by atoms with Crippen LogP contribution in [-0.4, -0.2) is 25.1 Å². The predicted molar refractivity (Wildman–Crippen MR) is 88.5 cm³/mol. The summed E-state index contributed by atoms with van der Waals surface area (Å²) < 4.78 is 5.08. The van der Waals surface area contributed by atoms with Crippen molar-refractivity contribution in [1.29, 1.82) is 0 Å². The van der Waals surface area contributed by atoms with Crippen LogP contribution in [0.1, 0.15) is 11.1 Å². The van der Waals surface area contributed by atoms with Gasteiger partial charge >= 0.3 is 11.8 Å². The Labute approximate surface area is 134 Å². The third kappa shape index (κ3) is 4.67. The van der Waals surface area contributed by atoms with Gasteiger partial charge in [0.1, 0.15) is 5.75 Å². The molecule has 0 aliphatic heterocycles. The summed E-state index contributed by atoms with van der Waals surface area (Å²) in [6.07, 6.45) is 1.43. The predicted octanol–water partition coefficient (Wildman–Crippen LogP) is 2.09. The number of hydrogen-bond donors (Lipinski definition) is 2. The highest BCUT2D eigenvalue weighted by atomic mass is 16.5. The zero-order valence-corrected chi connectivity index (χ0v) is 12.9. The van der Waals surface area contributed by atoms with E-state index in [1.807, 2.05) is 19.1 Å². The number of aryl methyl sites for hydroxylation is 1. The molecule has 23 heavy (non-hydrogen) atoms. The molecule has 0 aliphatic carbocycles. The number of benzene rings is 2. The van der Waals surface area contributed by atoms with Crippen LogP contribution >= 0.6 is 0 Å². The van der Waals surface area contributed by atoms with Crippen LogP contribution in [0.5, 0.6) is 5.75 Å². The zero-order valence-electron chi connectivity index (χ0n) is 12.9. The van der Waals surface area contributed by atoms with Gasteiger partial charge in [-0.25, -0.2) is 5.43 Å². The number of amides is 2. The van der Waals surface area contributed by atoms with Crippen molar-refractivity contribution in [3.05, 3.63) is 59.7 Å². The number of carbonyl (C=O) groups excluding carboxylic acids is 2. The van der Waals surface area contributed by atoms with Crippen molar-refractivity contribution in [1.82, 2.24) is 5.43 Å². The third-order valence-electron chi connectivity index (χ3n) is 3.07. The molecule has 0 fully saturated rings. The van der Waals surface area contributed by atoms with E-state index in [0.29, 0.717) is 11.4 Å². The average molecular weight is 311 g/mol. The SMILES string of the molecule is COc1cccc(/C=N\NC(=O)C(=O)Nc2ccccc2C)c1. The van der Waals surface area contributed by atoms with Crippen LogP contribution in [0, 0.1) is 6.92 Å².